The predicted molar refractivity (Wildman–Crippen MR) is 138 cm³/mol. The van der Waals surface area contributed by atoms with Crippen LogP contribution in [0.5, 0.6) is 0 Å². The van der Waals surface area contributed by atoms with Gasteiger partial charge < -0.3 is 15.2 Å². The van der Waals surface area contributed by atoms with Crippen LogP contribution in [-0.2, 0) is 27.7 Å². The van der Waals surface area contributed by atoms with Crippen LogP contribution in [0, 0.1) is 6.92 Å². The Morgan fingerprint density at radius 1 is 1.10 bits per heavy atom. The van der Waals surface area contributed by atoms with Gasteiger partial charge in [0.1, 0.15) is 21.9 Å². The van der Waals surface area contributed by atoms with Gasteiger partial charge in [-0.05, 0) is 61.2 Å². The number of sulfonamides is 1. The summed E-state index contributed by atoms with van der Waals surface area (Å²) >= 11 is 6.30. The number of aldehydes is 1. The fourth-order valence-electron chi connectivity index (χ4n) is 3.58. The van der Waals surface area contributed by atoms with Crippen molar-refractivity contribution in [3.05, 3.63) is 76.8 Å². The van der Waals surface area contributed by atoms with Crippen LogP contribution in [0.4, 0.5) is 42.0 Å². The Kier molecular flexibility index (Phi) is 8.06. The molecule has 0 saturated carbocycles. The molecule has 3 N–H and O–H groups in total. The van der Waals surface area contributed by atoms with Crippen LogP contribution >= 0.6 is 11.6 Å². The summed E-state index contributed by atoms with van der Waals surface area (Å²) in [5.41, 5.74) is 4.21. The largest absolute Gasteiger partial charge is 0.446 e. The highest BCUT2D eigenvalue weighted by Gasteiger charge is 2.25. The molecule has 2 aromatic carbocycles. The second kappa shape index (κ2) is 11.3. The van der Waals surface area contributed by atoms with E-state index in [1.165, 1.54) is 6.20 Å². The maximum Gasteiger partial charge on any atom is 0.446 e. The average molecular weight is 581 g/mol. The standard InChI is InChI=1S/C22H19ClN6O3S.C2HF3O/c1-13-20(12-32-28-13)33(30,31)29-19-8-7-17-10-15(19)6-5-14-3-2-4-16(9-14)26-22-24-11-18(23)21(25-17)27-22;3-2(4,5)1-6/h2-4,7-12,29H,5-6H2,1H3,(H2,24,25,26,27);1H. The van der Waals surface area contributed by atoms with E-state index in [1.807, 2.05) is 30.3 Å². The van der Waals surface area contributed by atoms with Gasteiger partial charge in [0.05, 0.1) is 11.9 Å². The molecule has 4 aromatic rings. The van der Waals surface area contributed by atoms with E-state index in [4.69, 9.17) is 20.9 Å². The number of benzene rings is 2. The molecule has 3 heterocycles. The minimum atomic E-state index is -4.64. The lowest BCUT2D eigenvalue weighted by Gasteiger charge is -2.15. The number of alkyl halides is 3. The second-order valence-corrected chi connectivity index (χ2v) is 10.3. The molecule has 1 aliphatic heterocycles. The van der Waals surface area contributed by atoms with Gasteiger partial charge >= 0.3 is 6.18 Å². The van der Waals surface area contributed by atoms with Gasteiger partial charge in [-0.3, -0.25) is 9.52 Å². The summed E-state index contributed by atoms with van der Waals surface area (Å²) in [6.45, 7) is 1.58. The minimum absolute atomic E-state index is 0.000570. The SMILES string of the molecule is Cc1nocc1S(=O)(=O)Nc1ccc2cc1CCc1cccc(c1)Nc1ncc(Cl)c(n1)N2.O=CC(F)(F)F. The Bertz CT molecular complexity index is 1610. The van der Waals surface area contributed by atoms with E-state index in [0.29, 0.717) is 46.7 Å². The van der Waals surface area contributed by atoms with Crippen molar-refractivity contribution in [2.45, 2.75) is 30.8 Å². The highest BCUT2D eigenvalue weighted by atomic mass is 35.5. The average Bonchev–Trinajstić information content (AvgIpc) is 3.33. The summed E-state index contributed by atoms with van der Waals surface area (Å²) in [6.07, 6.45) is -1.77. The van der Waals surface area contributed by atoms with Crippen LogP contribution in [0.1, 0.15) is 16.8 Å². The van der Waals surface area contributed by atoms with E-state index in [9.17, 15) is 21.6 Å². The van der Waals surface area contributed by atoms with Crippen molar-refractivity contribution in [1.29, 1.82) is 0 Å². The number of carbonyl (C=O) groups excluding carboxylic acids is 1. The second-order valence-electron chi connectivity index (χ2n) is 8.24. The third-order valence-corrected chi connectivity index (χ3v) is 7.09. The Morgan fingerprint density at radius 2 is 1.85 bits per heavy atom. The monoisotopic (exact) mass is 580 g/mol. The zero-order valence-corrected chi connectivity index (χ0v) is 21.7. The smallest absolute Gasteiger partial charge is 0.363 e. The van der Waals surface area contributed by atoms with Crippen LogP contribution in [0.3, 0.4) is 0 Å². The summed E-state index contributed by atoms with van der Waals surface area (Å²) < 4.78 is 64.6. The summed E-state index contributed by atoms with van der Waals surface area (Å²) in [5.74, 6) is 0.843. The van der Waals surface area contributed by atoms with Crippen LogP contribution < -0.4 is 15.4 Å². The fourth-order valence-corrected chi connectivity index (χ4v) is 4.92. The third kappa shape index (κ3) is 7.23. The van der Waals surface area contributed by atoms with E-state index in [-0.39, 0.29) is 4.90 Å². The van der Waals surface area contributed by atoms with Crippen LogP contribution in [0.2, 0.25) is 5.02 Å². The molecule has 6 bridgehead atoms. The van der Waals surface area contributed by atoms with Gasteiger partial charge in [0.25, 0.3) is 10.0 Å². The molecule has 2 aromatic heterocycles. The molecule has 5 rings (SSSR count). The van der Waals surface area contributed by atoms with Gasteiger partial charge in [0.15, 0.2) is 5.82 Å². The molecule has 39 heavy (non-hydrogen) atoms. The van der Waals surface area contributed by atoms with Crippen molar-refractivity contribution in [2.24, 2.45) is 0 Å². The van der Waals surface area contributed by atoms with E-state index < -0.39 is 22.5 Å². The van der Waals surface area contributed by atoms with Crippen molar-refractivity contribution in [3.8, 4) is 0 Å². The van der Waals surface area contributed by atoms with E-state index in [1.54, 1.807) is 19.1 Å². The molecule has 0 atom stereocenters. The maximum atomic E-state index is 12.9. The number of hydrogen-bond donors (Lipinski definition) is 3. The Labute approximate surface area is 225 Å². The lowest BCUT2D eigenvalue weighted by Crippen LogP contribution is -2.15. The van der Waals surface area contributed by atoms with E-state index in [2.05, 4.69) is 30.5 Å². The number of carbonyl (C=O) groups is 1. The van der Waals surface area contributed by atoms with Crippen molar-refractivity contribution in [2.75, 3.05) is 15.4 Å². The molecule has 1 aliphatic rings. The molecule has 15 heteroatoms. The fraction of sp³-hybridized carbons (Fsp3) is 0.167. The first kappa shape index (κ1) is 27.9. The number of aromatic nitrogens is 3. The summed E-state index contributed by atoms with van der Waals surface area (Å²) in [4.78, 5) is 17.4. The molecule has 0 saturated heterocycles. The topological polar surface area (TPSA) is 139 Å². The van der Waals surface area contributed by atoms with Crippen molar-refractivity contribution < 1.29 is 30.9 Å². The van der Waals surface area contributed by atoms with E-state index in [0.717, 1.165) is 23.1 Å². The number of nitrogens with one attached hydrogen (secondary N) is 3. The molecular weight excluding hydrogens is 561 g/mol. The van der Waals surface area contributed by atoms with Gasteiger partial charge in [-0.25, -0.2) is 13.4 Å². The Balaban J connectivity index is 0.000000531. The molecule has 0 amide bonds. The first-order valence-electron chi connectivity index (χ1n) is 11.2. The summed E-state index contributed by atoms with van der Waals surface area (Å²) in [7, 11) is -3.86. The number of halogens is 4. The Morgan fingerprint density at radius 3 is 2.54 bits per heavy atom. The third-order valence-electron chi connectivity index (χ3n) is 5.35. The number of anilines is 5. The zero-order valence-electron chi connectivity index (χ0n) is 20.1. The number of aryl methyl sites for hydroxylation is 3. The molecule has 0 unspecified atom stereocenters. The Hall–Kier alpha value is -4.17. The lowest BCUT2D eigenvalue weighted by atomic mass is 10.0. The molecular formula is C24H20ClF3N6O4S. The number of nitrogens with zero attached hydrogens (tertiary/aromatic N) is 3. The minimum Gasteiger partial charge on any atom is -0.363 e. The van der Waals surface area contributed by atoms with E-state index >= 15 is 0 Å². The molecule has 0 aliphatic carbocycles. The lowest BCUT2D eigenvalue weighted by molar-refractivity contribution is -0.156. The number of rotatable bonds is 3. The number of hydrogen-bond acceptors (Lipinski definition) is 9. The molecule has 10 nitrogen and oxygen atoms in total. The van der Waals surface area contributed by atoms with Crippen molar-refractivity contribution in [1.82, 2.24) is 15.1 Å². The van der Waals surface area contributed by atoms with Gasteiger partial charge in [-0.2, -0.15) is 18.2 Å². The first-order valence-corrected chi connectivity index (χ1v) is 13.0. The molecule has 204 valence electrons. The van der Waals surface area contributed by atoms with Crippen LogP contribution in [-0.4, -0.2) is 36.0 Å². The zero-order chi connectivity index (χ0) is 28.2. The molecule has 0 fully saturated rings. The van der Waals surface area contributed by atoms with Crippen molar-refractivity contribution in [3.63, 3.8) is 0 Å². The summed E-state index contributed by atoms with van der Waals surface area (Å²) in [5, 5.41) is 10.4. The highest BCUT2D eigenvalue weighted by Crippen LogP contribution is 2.30. The van der Waals surface area contributed by atoms with Gasteiger partial charge in [0, 0.05) is 11.4 Å². The predicted octanol–water partition coefficient (Wildman–Crippen LogP) is 5.56. The van der Waals surface area contributed by atoms with Gasteiger partial charge in [-0.1, -0.05) is 28.9 Å². The first-order chi connectivity index (χ1) is 18.4. The quantitative estimate of drug-likeness (QED) is 0.266. The van der Waals surface area contributed by atoms with Crippen LogP contribution in [0.25, 0.3) is 0 Å². The maximum absolute atomic E-state index is 12.9. The normalized spacial score (nSPS) is 12.7. The number of fused-ring (bicyclic) bond motifs is 6. The molecule has 0 radical (unpaired) electrons. The highest BCUT2D eigenvalue weighted by molar-refractivity contribution is 7.92. The van der Waals surface area contributed by atoms with Crippen LogP contribution in [0.15, 0.2) is 64.3 Å². The molecule has 0 spiro atoms. The summed E-state index contributed by atoms with van der Waals surface area (Å²) in [6, 6.07) is 13.2. The van der Waals surface area contributed by atoms with Crippen molar-refractivity contribution >= 4 is 56.7 Å². The van der Waals surface area contributed by atoms with Gasteiger partial charge in [0.2, 0.25) is 12.2 Å². The van der Waals surface area contributed by atoms with Gasteiger partial charge in [-0.15, -0.1) is 0 Å².